The Morgan fingerprint density at radius 1 is 1.45 bits per heavy atom. The third kappa shape index (κ3) is 3.49. The van der Waals surface area contributed by atoms with E-state index >= 15 is 0 Å². The highest BCUT2D eigenvalue weighted by molar-refractivity contribution is 9.10. The molecule has 0 radical (unpaired) electrons. The van der Waals surface area contributed by atoms with Gasteiger partial charge in [0, 0.05) is 22.3 Å². The van der Waals surface area contributed by atoms with Crippen LogP contribution in [0.2, 0.25) is 0 Å². The largest absolute Gasteiger partial charge is 0.479 e. The van der Waals surface area contributed by atoms with Gasteiger partial charge in [-0.15, -0.1) is 0 Å². The van der Waals surface area contributed by atoms with Crippen molar-refractivity contribution < 1.29 is 19.4 Å². The van der Waals surface area contributed by atoms with Crippen LogP contribution in [-0.4, -0.2) is 35.7 Å². The molecular formula is C13H15BrN2O4. The number of rotatable bonds is 5. The van der Waals surface area contributed by atoms with Crippen LogP contribution in [-0.2, 0) is 9.53 Å². The molecule has 2 unspecified atom stereocenters. The number of amides is 1. The number of aliphatic carboxylic acids is 1. The molecule has 7 heteroatoms. The molecule has 1 saturated heterocycles. The number of carbonyl (C=O) groups is 2. The predicted octanol–water partition coefficient (Wildman–Crippen LogP) is 1.59. The minimum atomic E-state index is -0.917. The first-order valence-electron chi connectivity index (χ1n) is 6.19. The van der Waals surface area contributed by atoms with Gasteiger partial charge in [0.1, 0.15) is 0 Å². The number of hydrogen-bond donors (Lipinski definition) is 3. The van der Waals surface area contributed by atoms with Crippen LogP contribution >= 0.6 is 15.9 Å². The van der Waals surface area contributed by atoms with Gasteiger partial charge in [0.25, 0.3) is 0 Å². The minimum absolute atomic E-state index is 0.126. The van der Waals surface area contributed by atoms with Gasteiger partial charge in [0.2, 0.25) is 5.91 Å². The maximum absolute atomic E-state index is 11.0. The fourth-order valence-electron chi connectivity index (χ4n) is 2.07. The molecule has 1 amide bonds. The second kappa shape index (κ2) is 6.23. The molecule has 1 aromatic carbocycles. The Morgan fingerprint density at radius 2 is 2.20 bits per heavy atom. The summed E-state index contributed by atoms with van der Waals surface area (Å²) in [7, 11) is 0. The molecule has 0 saturated carbocycles. The van der Waals surface area contributed by atoms with Crippen molar-refractivity contribution in [1.29, 1.82) is 0 Å². The first kappa shape index (κ1) is 14.8. The molecule has 4 N–H and O–H groups in total. The second-order valence-corrected chi connectivity index (χ2v) is 5.46. The molecule has 6 nitrogen and oxygen atoms in total. The number of anilines is 1. The molecule has 0 aliphatic carbocycles. The van der Waals surface area contributed by atoms with Gasteiger partial charge >= 0.3 is 5.97 Å². The third-order valence-corrected chi connectivity index (χ3v) is 3.81. The van der Waals surface area contributed by atoms with Crippen molar-refractivity contribution in [3.05, 3.63) is 28.2 Å². The van der Waals surface area contributed by atoms with E-state index in [0.717, 1.165) is 10.2 Å². The van der Waals surface area contributed by atoms with Crippen LogP contribution in [0.3, 0.4) is 0 Å². The van der Waals surface area contributed by atoms with Gasteiger partial charge < -0.3 is 20.9 Å². The molecule has 1 aliphatic rings. The van der Waals surface area contributed by atoms with Crippen LogP contribution < -0.4 is 11.1 Å². The average Bonchev–Trinajstić information content (AvgIpc) is 2.86. The van der Waals surface area contributed by atoms with Gasteiger partial charge in [-0.05, 0) is 47.0 Å². The van der Waals surface area contributed by atoms with E-state index in [1.54, 1.807) is 18.2 Å². The molecule has 0 spiro atoms. The van der Waals surface area contributed by atoms with E-state index in [4.69, 9.17) is 15.6 Å². The van der Waals surface area contributed by atoms with Gasteiger partial charge in [-0.25, -0.2) is 4.79 Å². The predicted molar refractivity (Wildman–Crippen MR) is 76.7 cm³/mol. The standard InChI is InChI=1S/C13H15BrN2O4/c14-9-5-7(12(15)17)1-3-10(9)16-6-8-2-4-11(20-8)13(18)19/h1,3,5,8,11,16H,2,4,6H2,(H2,15,17)(H,18,19). The van der Waals surface area contributed by atoms with Crippen molar-refractivity contribution in [2.75, 3.05) is 11.9 Å². The summed E-state index contributed by atoms with van der Waals surface area (Å²) in [5, 5.41) is 12.0. The van der Waals surface area contributed by atoms with Crippen molar-refractivity contribution in [3.63, 3.8) is 0 Å². The summed E-state index contributed by atoms with van der Waals surface area (Å²) in [4.78, 5) is 21.8. The molecule has 1 fully saturated rings. The Balaban J connectivity index is 1.92. The number of ether oxygens (including phenoxy) is 1. The molecule has 1 aromatic rings. The Hall–Kier alpha value is -1.60. The highest BCUT2D eigenvalue weighted by Gasteiger charge is 2.30. The van der Waals surface area contributed by atoms with Gasteiger partial charge in [-0.2, -0.15) is 0 Å². The zero-order valence-electron chi connectivity index (χ0n) is 10.6. The lowest BCUT2D eigenvalue weighted by Crippen LogP contribution is -2.24. The van der Waals surface area contributed by atoms with Crippen LogP contribution in [0.15, 0.2) is 22.7 Å². The van der Waals surface area contributed by atoms with E-state index in [-0.39, 0.29) is 6.10 Å². The molecule has 0 aromatic heterocycles. The van der Waals surface area contributed by atoms with Crippen LogP contribution in [0.5, 0.6) is 0 Å². The third-order valence-electron chi connectivity index (χ3n) is 3.16. The van der Waals surface area contributed by atoms with E-state index in [0.29, 0.717) is 24.9 Å². The Labute approximate surface area is 124 Å². The van der Waals surface area contributed by atoms with Crippen LogP contribution in [0.25, 0.3) is 0 Å². The first-order chi connectivity index (χ1) is 9.47. The number of benzene rings is 1. The molecule has 1 aliphatic heterocycles. The van der Waals surface area contributed by atoms with Gasteiger partial charge in [-0.3, -0.25) is 4.79 Å². The van der Waals surface area contributed by atoms with Crippen LogP contribution in [0.4, 0.5) is 5.69 Å². The smallest absolute Gasteiger partial charge is 0.332 e. The van der Waals surface area contributed by atoms with Crippen molar-refractivity contribution in [1.82, 2.24) is 0 Å². The summed E-state index contributed by atoms with van der Waals surface area (Å²) < 4.78 is 6.12. The van der Waals surface area contributed by atoms with Crippen molar-refractivity contribution >= 4 is 33.5 Å². The minimum Gasteiger partial charge on any atom is -0.479 e. The SMILES string of the molecule is NC(=O)c1ccc(NCC2CCC(C(=O)O)O2)c(Br)c1. The zero-order chi connectivity index (χ0) is 14.7. The second-order valence-electron chi connectivity index (χ2n) is 4.60. The molecule has 2 rings (SSSR count). The van der Waals surface area contributed by atoms with Crippen molar-refractivity contribution in [3.8, 4) is 0 Å². The number of primary amides is 1. The summed E-state index contributed by atoms with van der Waals surface area (Å²) in [6, 6.07) is 5.01. The van der Waals surface area contributed by atoms with E-state index in [1.807, 2.05) is 0 Å². The maximum atomic E-state index is 11.0. The quantitative estimate of drug-likeness (QED) is 0.754. The van der Waals surface area contributed by atoms with Crippen molar-refractivity contribution in [2.24, 2.45) is 5.73 Å². The Kier molecular flexibility index (Phi) is 4.61. The van der Waals surface area contributed by atoms with Gasteiger partial charge in [-0.1, -0.05) is 0 Å². The summed E-state index contributed by atoms with van der Waals surface area (Å²) in [5.74, 6) is -1.40. The number of nitrogens with one attached hydrogen (secondary N) is 1. The van der Waals surface area contributed by atoms with E-state index < -0.39 is 18.0 Å². The van der Waals surface area contributed by atoms with Gasteiger partial charge in [0.05, 0.1) is 6.10 Å². The number of halogens is 1. The molecule has 108 valence electrons. The Bertz CT molecular complexity index is 535. The summed E-state index contributed by atoms with van der Waals surface area (Å²) in [5.41, 5.74) is 6.42. The van der Waals surface area contributed by atoms with E-state index in [9.17, 15) is 9.59 Å². The molecular weight excluding hydrogens is 328 g/mol. The number of carboxylic acids is 1. The lowest BCUT2D eigenvalue weighted by Gasteiger charge is -2.14. The first-order valence-corrected chi connectivity index (χ1v) is 6.98. The van der Waals surface area contributed by atoms with Crippen LogP contribution in [0.1, 0.15) is 23.2 Å². The molecule has 1 heterocycles. The number of carboxylic acid groups (broad SMARTS) is 1. The highest BCUT2D eigenvalue weighted by atomic mass is 79.9. The lowest BCUT2D eigenvalue weighted by atomic mass is 10.1. The van der Waals surface area contributed by atoms with E-state index in [2.05, 4.69) is 21.2 Å². The molecule has 0 bridgehead atoms. The highest BCUT2D eigenvalue weighted by Crippen LogP contribution is 2.25. The summed E-state index contributed by atoms with van der Waals surface area (Å²) in [6.07, 6.45) is 0.408. The average molecular weight is 343 g/mol. The fraction of sp³-hybridized carbons (Fsp3) is 0.385. The fourth-order valence-corrected chi connectivity index (χ4v) is 2.59. The summed E-state index contributed by atoms with van der Waals surface area (Å²) in [6.45, 7) is 0.512. The lowest BCUT2D eigenvalue weighted by molar-refractivity contribution is -0.149. The number of hydrogen-bond acceptors (Lipinski definition) is 4. The van der Waals surface area contributed by atoms with E-state index in [1.165, 1.54) is 0 Å². The number of carbonyl (C=O) groups excluding carboxylic acids is 1. The molecule has 2 atom stereocenters. The monoisotopic (exact) mass is 342 g/mol. The Morgan fingerprint density at radius 3 is 2.75 bits per heavy atom. The van der Waals surface area contributed by atoms with Gasteiger partial charge in [0.15, 0.2) is 6.10 Å². The number of nitrogens with two attached hydrogens (primary N) is 1. The topological polar surface area (TPSA) is 102 Å². The zero-order valence-corrected chi connectivity index (χ0v) is 12.2. The molecule has 20 heavy (non-hydrogen) atoms. The van der Waals surface area contributed by atoms with Crippen LogP contribution in [0, 0.1) is 0 Å². The maximum Gasteiger partial charge on any atom is 0.332 e. The normalized spacial score (nSPS) is 21.6. The summed E-state index contributed by atoms with van der Waals surface area (Å²) >= 11 is 3.35. The van der Waals surface area contributed by atoms with Crippen molar-refractivity contribution in [2.45, 2.75) is 25.0 Å².